The number of rotatable bonds is 4. The smallest absolute Gasteiger partial charge is 0.222 e. The number of nitrogens with zero attached hydrogens (tertiary/aromatic N) is 2. The Bertz CT molecular complexity index is 267. The minimum atomic E-state index is 0.204. The minimum absolute atomic E-state index is 0.204. The highest BCUT2D eigenvalue weighted by Crippen LogP contribution is 2.28. The fourth-order valence-corrected chi connectivity index (χ4v) is 2.28. The topological polar surface area (TPSA) is 23.6 Å². The molecular weight excluding hydrogens is 248 g/mol. The van der Waals surface area contributed by atoms with Gasteiger partial charge in [0.15, 0.2) is 0 Å². The molecule has 0 spiro atoms. The molecule has 106 valence electrons. The summed E-state index contributed by atoms with van der Waals surface area (Å²) in [4.78, 5) is 16.5. The molecule has 0 aliphatic carbocycles. The van der Waals surface area contributed by atoms with Crippen LogP contribution in [0.1, 0.15) is 34.1 Å². The maximum Gasteiger partial charge on any atom is 0.222 e. The number of halogens is 1. The van der Waals surface area contributed by atoms with Crippen molar-refractivity contribution in [3.63, 3.8) is 0 Å². The number of carbonyl (C=O) groups excluding carboxylic acids is 1. The van der Waals surface area contributed by atoms with Gasteiger partial charge in [-0.2, -0.15) is 0 Å². The Kier molecular flexibility index (Phi) is 5.93. The summed E-state index contributed by atoms with van der Waals surface area (Å²) < 4.78 is 0. The monoisotopic (exact) mass is 274 g/mol. The molecule has 1 saturated heterocycles. The molecule has 1 aliphatic rings. The zero-order valence-electron chi connectivity index (χ0n) is 12.2. The number of alkyl halides is 1. The maximum absolute atomic E-state index is 12.2. The predicted molar refractivity (Wildman–Crippen MR) is 77.0 cm³/mol. The van der Waals surface area contributed by atoms with Crippen LogP contribution in [0.25, 0.3) is 0 Å². The summed E-state index contributed by atoms with van der Waals surface area (Å²) in [5.41, 5.74) is 0.204. The summed E-state index contributed by atoms with van der Waals surface area (Å²) in [6, 6.07) is 0. The van der Waals surface area contributed by atoms with Crippen molar-refractivity contribution in [2.24, 2.45) is 11.3 Å². The van der Waals surface area contributed by atoms with E-state index >= 15 is 0 Å². The average Bonchev–Trinajstić information content (AvgIpc) is 2.29. The fourth-order valence-electron chi connectivity index (χ4n) is 2.04. The second kappa shape index (κ2) is 6.76. The van der Waals surface area contributed by atoms with Gasteiger partial charge < -0.3 is 4.90 Å². The number of amides is 1. The summed E-state index contributed by atoms with van der Waals surface area (Å²) in [6.07, 6.45) is 0.666. The average molecular weight is 275 g/mol. The highest BCUT2D eigenvalue weighted by Gasteiger charge is 2.26. The van der Waals surface area contributed by atoms with E-state index in [1.165, 1.54) is 0 Å². The van der Waals surface area contributed by atoms with Gasteiger partial charge in [-0.25, -0.2) is 0 Å². The van der Waals surface area contributed by atoms with Gasteiger partial charge in [-0.15, -0.1) is 11.6 Å². The van der Waals surface area contributed by atoms with Gasteiger partial charge in [0.2, 0.25) is 5.91 Å². The number of carbonyl (C=O) groups is 1. The normalized spacial score (nSPS) is 19.9. The molecule has 0 bridgehead atoms. The molecule has 1 amide bonds. The van der Waals surface area contributed by atoms with Gasteiger partial charge >= 0.3 is 0 Å². The lowest BCUT2D eigenvalue weighted by Gasteiger charge is -2.36. The quantitative estimate of drug-likeness (QED) is 0.735. The van der Waals surface area contributed by atoms with E-state index < -0.39 is 0 Å². The van der Waals surface area contributed by atoms with Gasteiger partial charge in [0.1, 0.15) is 0 Å². The van der Waals surface area contributed by atoms with Gasteiger partial charge in [0.25, 0.3) is 0 Å². The third kappa shape index (κ3) is 4.77. The first-order chi connectivity index (χ1) is 8.34. The molecule has 0 radical (unpaired) electrons. The molecule has 0 saturated carbocycles. The van der Waals surface area contributed by atoms with Crippen molar-refractivity contribution in [3.8, 4) is 0 Å². The van der Waals surface area contributed by atoms with Gasteiger partial charge in [-0.1, -0.05) is 27.7 Å². The van der Waals surface area contributed by atoms with E-state index in [-0.39, 0.29) is 5.41 Å². The van der Waals surface area contributed by atoms with Gasteiger partial charge in [-0.3, -0.25) is 9.69 Å². The van der Waals surface area contributed by atoms with E-state index in [1.807, 2.05) is 4.90 Å². The Morgan fingerprint density at radius 2 is 1.78 bits per heavy atom. The lowest BCUT2D eigenvalue weighted by atomic mass is 9.80. The summed E-state index contributed by atoms with van der Waals surface area (Å²) in [7, 11) is 0. The van der Waals surface area contributed by atoms with Crippen LogP contribution in [0, 0.1) is 11.3 Å². The highest BCUT2D eigenvalue weighted by atomic mass is 35.5. The highest BCUT2D eigenvalue weighted by molar-refractivity contribution is 6.18. The molecule has 0 aromatic heterocycles. The van der Waals surface area contributed by atoms with Gasteiger partial charge in [-0.05, 0) is 11.3 Å². The van der Waals surface area contributed by atoms with Crippen molar-refractivity contribution >= 4 is 17.5 Å². The Morgan fingerprint density at radius 3 is 2.22 bits per heavy atom. The van der Waals surface area contributed by atoms with Crippen molar-refractivity contribution in [3.05, 3.63) is 0 Å². The summed E-state index contributed by atoms with van der Waals surface area (Å²) in [6.45, 7) is 13.3. The van der Waals surface area contributed by atoms with Crippen molar-refractivity contribution in [2.45, 2.75) is 34.1 Å². The van der Waals surface area contributed by atoms with E-state index in [2.05, 4.69) is 32.6 Å². The zero-order chi connectivity index (χ0) is 13.8. The Hall–Kier alpha value is -0.280. The van der Waals surface area contributed by atoms with Crippen LogP contribution in [0.15, 0.2) is 0 Å². The molecule has 18 heavy (non-hydrogen) atoms. The van der Waals surface area contributed by atoms with Crippen molar-refractivity contribution in [1.82, 2.24) is 9.80 Å². The second-order valence-corrected chi connectivity index (χ2v) is 6.76. The first-order valence-corrected chi connectivity index (χ1v) is 7.44. The Morgan fingerprint density at radius 1 is 1.22 bits per heavy atom. The summed E-state index contributed by atoms with van der Waals surface area (Å²) >= 11 is 5.73. The van der Waals surface area contributed by atoms with Crippen LogP contribution in [-0.2, 0) is 4.79 Å². The van der Waals surface area contributed by atoms with Crippen LogP contribution >= 0.6 is 11.6 Å². The van der Waals surface area contributed by atoms with Crippen LogP contribution in [-0.4, -0.2) is 54.3 Å². The lowest BCUT2D eigenvalue weighted by Crippen LogP contribution is -2.49. The first-order valence-electron chi connectivity index (χ1n) is 6.90. The number of hydrogen-bond acceptors (Lipinski definition) is 2. The van der Waals surface area contributed by atoms with Crippen LogP contribution in [0.2, 0.25) is 0 Å². The van der Waals surface area contributed by atoms with E-state index in [1.54, 1.807) is 0 Å². The molecule has 0 N–H and O–H groups in total. The number of piperazine rings is 1. The zero-order valence-corrected chi connectivity index (χ0v) is 13.0. The SMILES string of the molecule is CC(CC(=O)N1CCN(CCCl)CC1)C(C)(C)C. The molecule has 1 fully saturated rings. The van der Waals surface area contributed by atoms with E-state index in [0.717, 1.165) is 32.7 Å². The molecule has 1 aliphatic heterocycles. The van der Waals surface area contributed by atoms with Gasteiger partial charge in [0, 0.05) is 45.0 Å². The first kappa shape index (κ1) is 15.8. The van der Waals surface area contributed by atoms with E-state index in [9.17, 15) is 4.79 Å². The van der Waals surface area contributed by atoms with Crippen LogP contribution in [0.4, 0.5) is 0 Å². The molecule has 1 unspecified atom stereocenters. The predicted octanol–water partition coefficient (Wildman–Crippen LogP) is 2.44. The van der Waals surface area contributed by atoms with Crippen LogP contribution in [0.3, 0.4) is 0 Å². The van der Waals surface area contributed by atoms with Crippen LogP contribution < -0.4 is 0 Å². The van der Waals surface area contributed by atoms with E-state index in [4.69, 9.17) is 11.6 Å². The molecule has 1 atom stereocenters. The molecule has 3 nitrogen and oxygen atoms in total. The maximum atomic E-state index is 12.2. The Balaban J connectivity index is 2.36. The second-order valence-electron chi connectivity index (χ2n) is 6.38. The molecule has 4 heteroatoms. The van der Waals surface area contributed by atoms with E-state index in [0.29, 0.717) is 24.1 Å². The molecular formula is C14H27ClN2O. The minimum Gasteiger partial charge on any atom is -0.340 e. The Labute approximate surface area is 116 Å². The van der Waals surface area contributed by atoms with Crippen molar-refractivity contribution in [2.75, 3.05) is 38.6 Å². The summed E-state index contributed by atoms with van der Waals surface area (Å²) in [5, 5.41) is 0. The van der Waals surface area contributed by atoms with Crippen LogP contribution in [0.5, 0.6) is 0 Å². The van der Waals surface area contributed by atoms with Crippen molar-refractivity contribution in [1.29, 1.82) is 0 Å². The lowest BCUT2D eigenvalue weighted by molar-refractivity contribution is -0.134. The van der Waals surface area contributed by atoms with Crippen molar-refractivity contribution < 1.29 is 4.79 Å². The largest absolute Gasteiger partial charge is 0.340 e. The third-order valence-corrected chi connectivity index (χ3v) is 4.25. The van der Waals surface area contributed by atoms with Gasteiger partial charge in [0.05, 0.1) is 0 Å². The molecule has 0 aromatic carbocycles. The fraction of sp³-hybridized carbons (Fsp3) is 0.929. The molecule has 1 heterocycles. The number of hydrogen-bond donors (Lipinski definition) is 0. The summed E-state index contributed by atoms with van der Waals surface area (Å²) in [5.74, 6) is 1.41. The molecule has 1 rings (SSSR count). The molecule has 0 aromatic rings. The third-order valence-electron chi connectivity index (χ3n) is 4.08. The standard InChI is InChI=1S/C14H27ClN2O/c1-12(14(2,3)4)11-13(18)17-9-7-16(6-5-15)8-10-17/h12H,5-11H2,1-4H3.